The number of amides is 4. The van der Waals surface area contributed by atoms with Crippen molar-refractivity contribution in [1.29, 1.82) is 0 Å². The summed E-state index contributed by atoms with van der Waals surface area (Å²) in [5.41, 5.74) is -0.792. The number of ether oxygens (including phenoxy) is 10. The largest absolute Gasteiger partial charge is 0.469 e. The Hall–Kier alpha value is -3.17. The number of carbonyl (C=O) groups is 5. The number of nitrogens with one attached hydrogen (secondary N) is 4. The van der Waals surface area contributed by atoms with Crippen LogP contribution in [0.1, 0.15) is 62.3 Å². The van der Waals surface area contributed by atoms with Crippen LogP contribution in [0.5, 0.6) is 0 Å². The highest BCUT2D eigenvalue weighted by molar-refractivity contribution is 5.90. The van der Waals surface area contributed by atoms with Crippen LogP contribution >= 0.6 is 0 Å². The molecule has 0 bridgehead atoms. The molecule has 6 rings (SSSR count). The van der Waals surface area contributed by atoms with Crippen LogP contribution in [0, 0.1) is 11.8 Å². The van der Waals surface area contributed by atoms with Crippen molar-refractivity contribution in [2.75, 3.05) is 20.3 Å². The zero-order chi connectivity index (χ0) is 38.8. The van der Waals surface area contributed by atoms with Crippen LogP contribution in [0.25, 0.3) is 0 Å². The topological polar surface area (TPSA) is 226 Å². The summed E-state index contributed by atoms with van der Waals surface area (Å²) in [5.74, 6) is -6.32. The third-order valence-corrected chi connectivity index (χ3v) is 9.90. The first kappa shape index (κ1) is 39.5. The summed E-state index contributed by atoms with van der Waals surface area (Å²) in [6.45, 7) is 14.7. The molecule has 0 spiro atoms. The lowest BCUT2D eigenvalue weighted by atomic mass is 9.87. The lowest BCUT2D eigenvalue weighted by Gasteiger charge is -2.41. The maximum atomic E-state index is 14.0. The van der Waals surface area contributed by atoms with Gasteiger partial charge in [-0.2, -0.15) is 0 Å². The Morgan fingerprint density at radius 3 is 1.58 bits per heavy atom. The first-order valence-electron chi connectivity index (χ1n) is 17.9. The van der Waals surface area contributed by atoms with Gasteiger partial charge in [0.25, 0.3) is 0 Å². The number of alkyl carbamates (subject to hydrolysis) is 1. The fraction of sp³-hybridized carbons (Fsp3) is 0.853. The van der Waals surface area contributed by atoms with Gasteiger partial charge < -0.3 is 68.6 Å². The Labute approximate surface area is 307 Å². The van der Waals surface area contributed by atoms with E-state index in [1.54, 1.807) is 48.5 Å². The van der Waals surface area contributed by atoms with Crippen LogP contribution in [0.2, 0.25) is 0 Å². The molecule has 0 aromatic rings. The van der Waals surface area contributed by atoms with Gasteiger partial charge >= 0.3 is 12.1 Å². The normalized spacial score (nSPS) is 38.9. The van der Waals surface area contributed by atoms with E-state index >= 15 is 0 Å². The molecule has 6 heterocycles. The average Bonchev–Trinajstić information content (AvgIpc) is 3.74. The molecule has 6 fully saturated rings. The predicted octanol–water partition coefficient (Wildman–Crippen LogP) is -0.670. The summed E-state index contributed by atoms with van der Waals surface area (Å²) in [5, 5.41) is 10.9. The molecule has 0 radical (unpaired) electrons. The van der Waals surface area contributed by atoms with Crippen LogP contribution in [-0.2, 0) is 66.5 Å². The van der Waals surface area contributed by atoms with Crippen molar-refractivity contribution in [1.82, 2.24) is 21.3 Å². The molecule has 0 saturated carbocycles. The lowest BCUT2D eigenvalue weighted by Crippen LogP contribution is -2.65. The highest BCUT2D eigenvalue weighted by Gasteiger charge is 2.62. The molecule has 4 N–H and O–H groups in total. The second-order valence-corrected chi connectivity index (χ2v) is 16.1. The molecule has 298 valence electrons. The summed E-state index contributed by atoms with van der Waals surface area (Å²) in [6, 6.07) is -4.09. The highest BCUT2D eigenvalue weighted by Crippen LogP contribution is 2.44. The van der Waals surface area contributed by atoms with Gasteiger partial charge in [0.1, 0.15) is 60.2 Å². The average molecular weight is 757 g/mol. The van der Waals surface area contributed by atoms with E-state index in [0.717, 1.165) is 0 Å². The minimum Gasteiger partial charge on any atom is -0.469 e. The van der Waals surface area contributed by atoms with Gasteiger partial charge in [0.15, 0.2) is 24.2 Å². The molecular formula is C34H52N4O15. The van der Waals surface area contributed by atoms with Crippen LogP contribution in [0.15, 0.2) is 0 Å². The van der Waals surface area contributed by atoms with Crippen molar-refractivity contribution in [3.8, 4) is 0 Å². The minimum atomic E-state index is -1.13. The Balaban J connectivity index is 1.14. The number of methoxy groups -OCH3 is 1. The van der Waals surface area contributed by atoms with Gasteiger partial charge in [0.2, 0.25) is 17.7 Å². The van der Waals surface area contributed by atoms with E-state index in [1.165, 1.54) is 21.0 Å². The molecule has 0 aromatic heterocycles. The number of hydrogen-bond acceptors (Lipinski definition) is 15. The van der Waals surface area contributed by atoms with Crippen molar-refractivity contribution < 1.29 is 71.3 Å². The fourth-order valence-corrected chi connectivity index (χ4v) is 7.55. The monoisotopic (exact) mass is 756 g/mol. The van der Waals surface area contributed by atoms with Crippen LogP contribution < -0.4 is 21.3 Å². The molecule has 6 aliphatic rings. The molecule has 14 atom stereocenters. The first-order valence-corrected chi connectivity index (χ1v) is 17.9. The van der Waals surface area contributed by atoms with E-state index < -0.39 is 132 Å². The molecule has 53 heavy (non-hydrogen) atoms. The molecular weight excluding hydrogens is 704 g/mol. The SMILES string of the molecule is COC(=O)[C@H]1CO[C@H]2[C@H](O[C@@H]3OC(C)(C)O[C@@H]32)[C@H]1NC(=O)[C@H](C)NC(=O)[C@H]1CO[C@H]2[C@H](O[C@@H]3OC(C)(C)O[C@@H]32)[C@H]1NC(=O)[C@H](C)NC(=O)OC(C)(C)C. The van der Waals surface area contributed by atoms with Gasteiger partial charge in [-0.25, -0.2) is 4.79 Å². The minimum absolute atomic E-state index is 0.0763. The third-order valence-electron chi connectivity index (χ3n) is 9.90. The van der Waals surface area contributed by atoms with Crippen molar-refractivity contribution in [3.63, 3.8) is 0 Å². The quantitative estimate of drug-likeness (QED) is 0.225. The van der Waals surface area contributed by atoms with E-state index in [1.807, 2.05) is 0 Å². The van der Waals surface area contributed by atoms with Crippen LogP contribution in [0.4, 0.5) is 4.79 Å². The van der Waals surface area contributed by atoms with Crippen molar-refractivity contribution in [2.24, 2.45) is 11.8 Å². The highest BCUT2D eigenvalue weighted by atomic mass is 16.9. The second-order valence-electron chi connectivity index (χ2n) is 16.1. The van der Waals surface area contributed by atoms with Crippen LogP contribution in [0.3, 0.4) is 0 Å². The summed E-state index contributed by atoms with van der Waals surface area (Å²) in [4.78, 5) is 66.3. The zero-order valence-corrected chi connectivity index (χ0v) is 31.6. The number of esters is 1. The molecule has 19 nitrogen and oxygen atoms in total. The summed E-state index contributed by atoms with van der Waals surface area (Å²) in [6.07, 6.45) is -6.68. The smallest absolute Gasteiger partial charge is 0.408 e. The van der Waals surface area contributed by atoms with Crippen molar-refractivity contribution in [3.05, 3.63) is 0 Å². The van der Waals surface area contributed by atoms with E-state index in [0.29, 0.717) is 0 Å². The standard InChI is InChI=1S/C34H52N4O15/c1-13(25(39)38-18-16(28(42)44-10)12-46-22-20(18)48-30-24(22)50-34(8,9)52-30)35-27(41)15-11-45-21-19(47-29-23(21)49-33(6,7)51-29)17(15)37-26(40)14(2)36-31(43)53-32(3,4)5/h13-24,29-30H,11-12H2,1-10H3,(H,35,41)(H,36,43)(H,37,40)(H,38,39)/t13-,14-,15-,16-,17-,18-,19+,20+,21-,22-,23+,24+,29+,30+/m0/s1. The van der Waals surface area contributed by atoms with E-state index in [-0.39, 0.29) is 13.2 Å². The zero-order valence-electron chi connectivity index (χ0n) is 31.6. The van der Waals surface area contributed by atoms with Gasteiger partial charge in [0.05, 0.1) is 38.3 Å². The maximum absolute atomic E-state index is 14.0. The molecule has 4 amide bonds. The molecule has 6 saturated heterocycles. The van der Waals surface area contributed by atoms with Gasteiger partial charge in [0, 0.05) is 0 Å². The molecule has 0 aromatic carbocycles. The first-order chi connectivity index (χ1) is 24.7. The Kier molecular flexibility index (Phi) is 10.8. The number of hydrogen-bond donors (Lipinski definition) is 4. The van der Waals surface area contributed by atoms with Gasteiger partial charge in [-0.3, -0.25) is 19.2 Å². The summed E-state index contributed by atoms with van der Waals surface area (Å²) in [7, 11) is 1.23. The number of fused-ring (bicyclic) bond motifs is 6. The van der Waals surface area contributed by atoms with E-state index in [4.69, 9.17) is 47.4 Å². The Morgan fingerprint density at radius 1 is 0.660 bits per heavy atom. The van der Waals surface area contributed by atoms with Gasteiger partial charge in [-0.05, 0) is 62.3 Å². The Morgan fingerprint density at radius 2 is 1.11 bits per heavy atom. The fourth-order valence-electron chi connectivity index (χ4n) is 7.55. The molecule has 19 heteroatoms. The molecule has 0 aliphatic carbocycles. The van der Waals surface area contributed by atoms with Crippen molar-refractivity contribution >= 4 is 29.8 Å². The van der Waals surface area contributed by atoms with Crippen molar-refractivity contribution in [2.45, 2.75) is 153 Å². The number of carbonyl (C=O) groups excluding carboxylic acids is 5. The second kappa shape index (κ2) is 14.5. The van der Waals surface area contributed by atoms with Gasteiger partial charge in [-0.1, -0.05) is 0 Å². The Bertz CT molecular complexity index is 1450. The van der Waals surface area contributed by atoms with E-state index in [9.17, 15) is 24.0 Å². The summed E-state index contributed by atoms with van der Waals surface area (Å²) < 4.78 is 58.4. The summed E-state index contributed by atoms with van der Waals surface area (Å²) >= 11 is 0. The third kappa shape index (κ3) is 8.26. The van der Waals surface area contributed by atoms with Crippen LogP contribution in [-0.4, -0.2) is 141 Å². The molecule has 0 unspecified atom stereocenters. The molecule has 6 aliphatic heterocycles. The number of rotatable bonds is 8. The predicted molar refractivity (Wildman–Crippen MR) is 176 cm³/mol. The lowest BCUT2D eigenvalue weighted by molar-refractivity contribution is -0.234. The van der Waals surface area contributed by atoms with E-state index in [2.05, 4.69) is 21.3 Å². The van der Waals surface area contributed by atoms with Gasteiger partial charge in [-0.15, -0.1) is 0 Å². The maximum Gasteiger partial charge on any atom is 0.408 e.